The molecule has 0 saturated heterocycles. The van der Waals surface area contributed by atoms with Crippen molar-refractivity contribution in [2.45, 2.75) is 45.2 Å². The summed E-state index contributed by atoms with van der Waals surface area (Å²) in [7, 11) is 0. The van der Waals surface area contributed by atoms with E-state index in [0.717, 1.165) is 12.0 Å². The lowest BCUT2D eigenvalue weighted by Crippen LogP contribution is -2.21. The topological polar surface area (TPSA) is 12.0 Å². The molecule has 0 amide bonds. The van der Waals surface area contributed by atoms with Gasteiger partial charge in [0.2, 0.25) is 0 Å². The predicted octanol–water partition coefficient (Wildman–Crippen LogP) is 3.59. The zero-order valence-electron chi connectivity index (χ0n) is 8.99. The summed E-state index contributed by atoms with van der Waals surface area (Å²) in [6.45, 7) is 4.54. The maximum absolute atomic E-state index is 3.70. The molecule has 0 bridgehead atoms. The molecule has 2 rings (SSSR count). The van der Waals surface area contributed by atoms with E-state index in [1.165, 1.54) is 24.8 Å². The van der Waals surface area contributed by atoms with Gasteiger partial charge in [-0.3, -0.25) is 0 Å². The summed E-state index contributed by atoms with van der Waals surface area (Å²) in [4.78, 5) is 0. The summed E-state index contributed by atoms with van der Waals surface area (Å²) in [5.41, 5.74) is 1.44. The van der Waals surface area contributed by atoms with Crippen molar-refractivity contribution in [1.82, 2.24) is 5.32 Å². The molecular weight excluding hydrogens is 190 g/mol. The van der Waals surface area contributed by atoms with Crippen LogP contribution in [0, 0.1) is 5.92 Å². The first-order valence-electron chi connectivity index (χ1n) is 5.59. The van der Waals surface area contributed by atoms with Crippen molar-refractivity contribution >= 4 is 11.3 Å². The second-order valence-electron chi connectivity index (χ2n) is 4.34. The Morgan fingerprint density at radius 3 is 3.14 bits per heavy atom. The normalized spacial score (nSPS) is 27.6. The summed E-state index contributed by atoms with van der Waals surface area (Å²) < 4.78 is 0. The van der Waals surface area contributed by atoms with Gasteiger partial charge in [0.15, 0.2) is 0 Å². The molecule has 3 atom stereocenters. The average Bonchev–Trinajstić information content (AvgIpc) is 2.71. The summed E-state index contributed by atoms with van der Waals surface area (Å²) >= 11 is 1.79. The summed E-state index contributed by atoms with van der Waals surface area (Å²) in [5.74, 6) is 0.959. The van der Waals surface area contributed by atoms with Crippen LogP contribution in [-0.2, 0) is 0 Å². The van der Waals surface area contributed by atoms with E-state index in [1.807, 2.05) is 0 Å². The van der Waals surface area contributed by atoms with Crippen molar-refractivity contribution < 1.29 is 0 Å². The van der Waals surface area contributed by atoms with Gasteiger partial charge in [0, 0.05) is 12.1 Å². The van der Waals surface area contributed by atoms with Gasteiger partial charge >= 0.3 is 0 Å². The quantitative estimate of drug-likeness (QED) is 0.781. The van der Waals surface area contributed by atoms with Crippen LogP contribution in [0.3, 0.4) is 0 Å². The first-order chi connectivity index (χ1) is 6.81. The molecule has 1 aliphatic rings. The number of hydrogen-bond donors (Lipinski definition) is 1. The lowest BCUT2D eigenvalue weighted by atomic mass is 10.2. The van der Waals surface area contributed by atoms with Gasteiger partial charge in [-0.25, -0.2) is 0 Å². The molecule has 0 aromatic carbocycles. The second kappa shape index (κ2) is 4.45. The molecule has 1 saturated carbocycles. The minimum Gasteiger partial charge on any atom is -0.307 e. The van der Waals surface area contributed by atoms with E-state index in [-0.39, 0.29) is 0 Å². The van der Waals surface area contributed by atoms with Crippen LogP contribution < -0.4 is 5.32 Å². The highest BCUT2D eigenvalue weighted by Crippen LogP contribution is 2.36. The van der Waals surface area contributed by atoms with Crippen LogP contribution >= 0.6 is 11.3 Å². The summed E-state index contributed by atoms with van der Waals surface area (Å²) in [5, 5.41) is 8.10. The van der Waals surface area contributed by atoms with Crippen LogP contribution in [0.2, 0.25) is 0 Å². The third-order valence-electron chi connectivity index (χ3n) is 3.09. The van der Waals surface area contributed by atoms with Crippen LogP contribution in [0.1, 0.15) is 44.7 Å². The molecule has 14 heavy (non-hydrogen) atoms. The highest BCUT2D eigenvalue weighted by atomic mass is 32.1. The van der Waals surface area contributed by atoms with E-state index in [4.69, 9.17) is 0 Å². The average molecular weight is 209 g/mol. The molecule has 78 valence electrons. The lowest BCUT2D eigenvalue weighted by Gasteiger charge is -2.11. The van der Waals surface area contributed by atoms with Crippen molar-refractivity contribution in [3.05, 3.63) is 22.4 Å². The Morgan fingerprint density at radius 2 is 2.50 bits per heavy atom. The van der Waals surface area contributed by atoms with E-state index in [0.29, 0.717) is 6.04 Å². The number of rotatable bonds is 5. The van der Waals surface area contributed by atoms with Gasteiger partial charge in [-0.15, -0.1) is 0 Å². The van der Waals surface area contributed by atoms with Gasteiger partial charge in [-0.1, -0.05) is 13.3 Å². The van der Waals surface area contributed by atoms with Crippen LogP contribution in [0.15, 0.2) is 16.8 Å². The fourth-order valence-corrected chi connectivity index (χ4v) is 2.83. The summed E-state index contributed by atoms with van der Waals surface area (Å²) in [6, 6.07) is 3.55. The molecule has 1 nitrogen and oxygen atoms in total. The van der Waals surface area contributed by atoms with Crippen molar-refractivity contribution in [3.8, 4) is 0 Å². The smallest absolute Gasteiger partial charge is 0.0302 e. The third-order valence-corrected chi connectivity index (χ3v) is 3.79. The second-order valence-corrected chi connectivity index (χ2v) is 5.12. The Bertz CT molecular complexity index is 268. The van der Waals surface area contributed by atoms with E-state index in [1.54, 1.807) is 11.3 Å². The molecule has 1 N–H and O–H groups in total. The molecule has 1 aliphatic carbocycles. The predicted molar refractivity (Wildman–Crippen MR) is 62.7 cm³/mol. The first kappa shape index (κ1) is 10.2. The maximum atomic E-state index is 3.70. The molecule has 1 aromatic heterocycles. The van der Waals surface area contributed by atoms with Gasteiger partial charge in [0.25, 0.3) is 0 Å². The Hall–Kier alpha value is -0.340. The van der Waals surface area contributed by atoms with E-state index < -0.39 is 0 Å². The number of nitrogens with one attached hydrogen (secondary N) is 1. The highest BCUT2D eigenvalue weighted by molar-refractivity contribution is 7.07. The molecule has 3 unspecified atom stereocenters. The molecule has 1 heterocycles. The van der Waals surface area contributed by atoms with Gasteiger partial charge in [-0.05, 0) is 48.1 Å². The fraction of sp³-hybridized carbons (Fsp3) is 0.667. The zero-order chi connectivity index (χ0) is 9.97. The van der Waals surface area contributed by atoms with Crippen LogP contribution in [0.4, 0.5) is 0 Å². The van der Waals surface area contributed by atoms with Gasteiger partial charge in [0.1, 0.15) is 0 Å². The highest BCUT2D eigenvalue weighted by Gasteiger charge is 2.36. The minimum absolute atomic E-state index is 0.535. The Balaban J connectivity index is 1.77. The molecule has 0 radical (unpaired) electrons. The van der Waals surface area contributed by atoms with Crippen LogP contribution in [0.5, 0.6) is 0 Å². The molecule has 0 spiro atoms. The van der Waals surface area contributed by atoms with E-state index in [9.17, 15) is 0 Å². The van der Waals surface area contributed by atoms with Crippen molar-refractivity contribution in [1.29, 1.82) is 0 Å². The third kappa shape index (κ3) is 2.37. The van der Waals surface area contributed by atoms with Crippen molar-refractivity contribution in [3.63, 3.8) is 0 Å². The van der Waals surface area contributed by atoms with Crippen molar-refractivity contribution in [2.75, 3.05) is 0 Å². The maximum Gasteiger partial charge on any atom is 0.0302 e. The monoisotopic (exact) mass is 209 g/mol. The van der Waals surface area contributed by atoms with E-state index in [2.05, 4.69) is 36.0 Å². The first-order valence-corrected chi connectivity index (χ1v) is 6.53. The Labute approximate surface area is 90.5 Å². The van der Waals surface area contributed by atoms with Crippen LogP contribution in [0.25, 0.3) is 0 Å². The standard InChI is InChI=1S/C12H19NS/c1-3-4-10-7-12(10)13-9(2)11-5-6-14-8-11/h5-6,8-10,12-13H,3-4,7H2,1-2H3. The Kier molecular flexibility index (Phi) is 3.24. The number of thiophene rings is 1. The lowest BCUT2D eigenvalue weighted by molar-refractivity contribution is 0.531. The molecule has 2 heteroatoms. The minimum atomic E-state index is 0.535. The van der Waals surface area contributed by atoms with Gasteiger partial charge < -0.3 is 5.32 Å². The Morgan fingerprint density at radius 1 is 1.64 bits per heavy atom. The van der Waals surface area contributed by atoms with Crippen LogP contribution in [-0.4, -0.2) is 6.04 Å². The molecule has 1 fully saturated rings. The fourth-order valence-electron chi connectivity index (χ4n) is 2.08. The SMILES string of the molecule is CCCC1CC1NC(C)c1ccsc1. The molecular formula is C12H19NS. The van der Waals surface area contributed by atoms with E-state index >= 15 is 0 Å². The van der Waals surface area contributed by atoms with Gasteiger partial charge in [-0.2, -0.15) is 11.3 Å². The molecule has 0 aliphatic heterocycles. The summed E-state index contributed by atoms with van der Waals surface area (Å²) in [6.07, 6.45) is 4.12. The molecule has 1 aromatic rings. The number of hydrogen-bond acceptors (Lipinski definition) is 2. The largest absolute Gasteiger partial charge is 0.307 e. The van der Waals surface area contributed by atoms with Crippen molar-refractivity contribution in [2.24, 2.45) is 5.92 Å². The van der Waals surface area contributed by atoms with Gasteiger partial charge in [0.05, 0.1) is 0 Å². The zero-order valence-corrected chi connectivity index (χ0v) is 9.81.